The Morgan fingerprint density at radius 1 is 1.67 bits per heavy atom. The molecule has 0 aromatic carbocycles. The molecule has 0 aromatic heterocycles. The quantitative estimate of drug-likeness (QED) is 0.335. The third-order valence-corrected chi connectivity index (χ3v) is 0.510. The summed E-state index contributed by atoms with van der Waals surface area (Å²) in [6, 6.07) is 0. The van der Waals surface area contributed by atoms with E-state index in [1.165, 1.54) is 0 Å². The van der Waals surface area contributed by atoms with Gasteiger partial charge < -0.3 is 9.84 Å². The van der Waals surface area contributed by atoms with Gasteiger partial charge in [-0.15, -0.1) is 0 Å². The number of esters is 1. The molecule has 0 spiro atoms. The topological polar surface area (TPSA) is 63.6 Å². The highest BCUT2D eigenvalue weighted by molar-refractivity contribution is 5.90. The zero-order valence-electron chi connectivity index (χ0n) is 4.66. The lowest BCUT2D eigenvalue weighted by atomic mass is 10.4. The van der Waals surface area contributed by atoms with Crippen LogP contribution in [0.15, 0.2) is 12.8 Å². The number of aliphatic carboxylic acids is 1. The molecular weight excluding hydrogens is 124 g/mol. The maximum Gasteiger partial charge on any atom is 0.321 e. The van der Waals surface area contributed by atoms with Crippen molar-refractivity contribution >= 4 is 11.9 Å². The first-order chi connectivity index (χ1) is 4.16. The Hall–Kier alpha value is -1.32. The molecule has 0 aromatic rings. The van der Waals surface area contributed by atoms with Crippen molar-refractivity contribution in [2.45, 2.75) is 6.42 Å². The number of carboxylic acid groups (broad SMARTS) is 1. The number of rotatable bonds is 3. The minimum atomic E-state index is -1.21. The van der Waals surface area contributed by atoms with Crippen LogP contribution in [0.1, 0.15) is 6.42 Å². The molecule has 0 saturated carbocycles. The van der Waals surface area contributed by atoms with Gasteiger partial charge >= 0.3 is 11.9 Å². The molecule has 0 unspecified atom stereocenters. The zero-order chi connectivity index (χ0) is 7.28. The predicted molar refractivity (Wildman–Crippen MR) is 28.5 cm³/mol. The van der Waals surface area contributed by atoms with Gasteiger partial charge in [-0.25, -0.2) is 0 Å². The van der Waals surface area contributed by atoms with Gasteiger partial charge in [0.05, 0.1) is 6.26 Å². The Morgan fingerprint density at radius 2 is 2.22 bits per heavy atom. The van der Waals surface area contributed by atoms with E-state index in [4.69, 9.17) is 5.11 Å². The first-order valence-corrected chi connectivity index (χ1v) is 2.19. The van der Waals surface area contributed by atoms with Crippen molar-refractivity contribution in [2.75, 3.05) is 0 Å². The predicted octanol–water partition coefficient (Wildman–Crippen LogP) is 0.148. The summed E-state index contributed by atoms with van der Waals surface area (Å²) in [5.74, 6) is -2.01. The first-order valence-electron chi connectivity index (χ1n) is 2.19. The van der Waals surface area contributed by atoms with Gasteiger partial charge in [-0.1, -0.05) is 6.58 Å². The molecule has 0 aliphatic carbocycles. The lowest BCUT2D eigenvalue weighted by Gasteiger charge is -1.91. The summed E-state index contributed by atoms with van der Waals surface area (Å²) in [5.41, 5.74) is 0. The molecule has 4 nitrogen and oxygen atoms in total. The minimum Gasteiger partial charge on any atom is -0.481 e. The molecule has 0 amide bonds. The third kappa shape index (κ3) is 4.53. The maximum atomic E-state index is 10.2. The molecule has 0 radical (unpaired) electrons. The van der Waals surface area contributed by atoms with Gasteiger partial charge in [0.25, 0.3) is 0 Å². The summed E-state index contributed by atoms with van der Waals surface area (Å²) in [6.07, 6.45) is 0.275. The number of carbonyl (C=O) groups excluding carboxylic acids is 1. The summed E-state index contributed by atoms with van der Waals surface area (Å²) in [7, 11) is 0. The van der Waals surface area contributed by atoms with E-state index in [-0.39, 0.29) is 0 Å². The molecule has 4 heteroatoms. The first kappa shape index (κ1) is 7.68. The second-order valence-electron chi connectivity index (χ2n) is 1.23. The second-order valence-corrected chi connectivity index (χ2v) is 1.23. The summed E-state index contributed by atoms with van der Waals surface area (Å²) in [4.78, 5) is 19.9. The average Bonchev–Trinajstić information content (AvgIpc) is 1.63. The molecule has 0 aliphatic rings. The van der Waals surface area contributed by atoms with E-state index in [1.807, 2.05) is 0 Å². The van der Waals surface area contributed by atoms with E-state index in [0.717, 1.165) is 6.26 Å². The molecule has 9 heavy (non-hydrogen) atoms. The van der Waals surface area contributed by atoms with Gasteiger partial charge in [0, 0.05) is 0 Å². The Morgan fingerprint density at radius 3 is 2.56 bits per heavy atom. The van der Waals surface area contributed by atoms with Crippen LogP contribution in [0, 0.1) is 0 Å². The van der Waals surface area contributed by atoms with Gasteiger partial charge in [0.2, 0.25) is 0 Å². The van der Waals surface area contributed by atoms with Crippen LogP contribution in [-0.4, -0.2) is 17.0 Å². The van der Waals surface area contributed by atoms with E-state index in [0.29, 0.717) is 0 Å². The fraction of sp³-hybridized carbons (Fsp3) is 0.200. The second kappa shape index (κ2) is 3.65. The van der Waals surface area contributed by atoms with Crippen LogP contribution in [0.25, 0.3) is 0 Å². The normalized spacial score (nSPS) is 8.00. The molecule has 0 fully saturated rings. The monoisotopic (exact) mass is 130 g/mol. The van der Waals surface area contributed by atoms with Crippen molar-refractivity contribution in [3.05, 3.63) is 12.8 Å². The highest BCUT2D eigenvalue weighted by Gasteiger charge is 2.05. The van der Waals surface area contributed by atoms with Crippen molar-refractivity contribution in [2.24, 2.45) is 0 Å². The number of carboxylic acids is 1. The minimum absolute atomic E-state index is 0.619. The van der Waals surface area contributed by atoms with Crippen molar-refractivity contribution in [1.82, 2.24) is 0 Å². The summed E-state index contributed by atoms with van der Waals surface area (Å²) in [6.45, 7) is 3.07. The van der Waals surface area contributed by atoms with Crippen molar-refractivity contribution in [1.29, 1.82) is 0 Å². The molecule has 0 heterocycles. The van der Waals surface area contributed by atoms with Gasteiger partial charge in [-0.05, 0) is 0 Å². The van der Waals surface area contributed by atoms with Crippen molar-refractivity contribution in [3.63, 3.8) is 0 Å². The highest BCUT2D eigenvalue weighted by Crippen LogP contribution is 1.84. The van der Waals surface area contributed by atoms with Crippen LogP contribution in [-0.2, 0) is 14.3 Å². The number of hydrogen-bond donors (Lipinski definition) is 1. The Bertz CT molecular complexity index is 138. The lowest BCUT2D eigenvalue weighted by Crippen LogP contribution is -2.06. The highest BCUT2D eigenvalue weighted by atomic mass is 16.5. The zero-order valence-corrected chi connectivity index (χ0v) is 4.66. The molecule has 0 bridgehead atoms. The van der Waals surface area contributed by atoms with Crippen LogP contribution in [0.5, 0.6) is 0 Å². The SMILES string of the molecule is C=COC(=O)CC(=O)O. The largest absolute Gasteiger partial charge is 0.481 e. The Kier molecular flexibility index (Phi) is 3.12. The molecular formula is C5H6O4. The Balaban J connectivity index is 3.50. The van der Waals surface area contributed by atoms with Gasteiger partial charge in [0.15, 0.2) is 0 Å². The van der Waals surface area contributed by atoms with Gasteiger partial charge in [0.1, 0.15) is 6.42 Å². The third-order valence-electron chi connectivity index (χ3n) is 0.510. The molecule has 0 aliphatic heterocycles. The van der Waals surface area contributed by atoms with Gasteiger partial charge in [-0.2, -0.15) is 0 Å². The molecule has 1 N–H and O–H groups in total. The van der Waals surface area contributed by atoms with Crippen LogP contribution >= 0.6 is 0 Å². The van der Waals surface area contributed by atoms with Crippen LogP contribution in [0.4, 0.5) is 0 Å². The lowest BCUT2D eigenvalue weighted by molar-refractivity contribution is -0.147. The number of ether oxygens (including phenoxy) is 1. The fourth-order valence-electron chi connectivity index (χ4n) is 0.258. The van der Waals surface area contributed by atoms with Crippen LogP contribution < -0.4 is 0 Å². The molecule has 0 atom stereocenters. The molecule has 0 rings (SSSR count). The van der Waals surface area contributed by atoms with Gasteiger partial charge in [-0.3, -0.25) is 9.59 Å². The summed E-state index contributed by atoms with van der Waals surface area (Å²) in [5, 5.41) is 7.98. The van der Waals surface area contributed by atoms with E-state index in [9.17, 15) is 9.59 Å². The molecule has 50 valence electrons. The van der Waals surface area contributed by atoms with Crippen molar-refractivity contribution < 1.29 is 19.4 Å². The summed E-state index contributed by atoms with van der Waals surface area (Å²) < 4.78 is 4.10. The number of hydrogen-bond acceptors (Lipinski definition) is 3. The average molecular weight is 130 g/mol. The van der Waals surface area contributed by atoms with E-state index in [2.05, 4.69) is 11.3 Å². The van der Waals surface area contributed by atoms with Crippen LogP contribution in [0.2, 0.25) is 0 Å². The summed E-state index contributed by atoms with van der Waals surface area (Å²) >= 11 is 0. The van der Waals surface area contributed by atoms with Crippen molar-refractivity contribution in [3.8, 4) is 0 Å². The van der Waals surface area contributed by atoms with E-state index < -0.39 is 18.4 Å². The smallest absolute Gasteiger partial charge is 0.321 e. The standard InChI is InChI=1S/C5H6O4/c1-2-9-5(8)3-4(6)7/h2H,1,3H2,(H,6,7). The fourth-order valence-corrected chi connectivity index (χ4v) is 0.258. The van der Waals surface area contributed by atoms with E-state index >= 15 is 0 Å². The van der Waals surface area contributed by atoms with E-state index in [1.54, 1.807) is 0 Å². The Labute approximate surface area is 51.7 Å². The van der Waals surface area contributed by atoms with Crippen LogP contribution in [0.3, 0.4) is 0 Å². The number of carbonyl (C=O) groups is 2. The maximum absolute atomic E-state index is 10.2. The molecule has 0 saturated heterocycles.